The fourth-order valence-corrected chi connectivity index (χ4v) is 1.78. The molecule has 0 saturated heterocycles. The third kappa shape index (κ3) is 2.79. The molecule has 1 heterocycles. The van der Waals surface area contributed by atoms with Gasteiger partial charge in [0, 0.05) is 34.7 Å². The Kier molecular flexibility index (Phi) is 3.51. The first-order valence-electron chi connectivity index (χ1n) is 4.99. The molecule has 16 heavy (non-hydrogen) atoms. The van der Waals surface area contributed by atoms with E-state index in [2.05, 4.69) is 50.3 Å². The Morgan fingerprint density at radius 3 is 2.75 bits per heavy atom. The van der Waals surface area contributed by atoms with E-state index in [-0.39, 0.29) is 0 Å². The molecule has 4 heteroatoms. The second-order valence-corrected chi connectivity index (χ2v) is 4.44. The molecule has 0 atom stereocenters. The zero-order chi connectivity index (χ0) is 11.4. The van der Waals surface area contributed by atoms with Crippen LogP contribution in [-0.4, -0.2) is 9.97 Å². The van der Waals surface area contributed by atoms with E-state index in [4.69, 9.17) is 0 Å². The van der Waals surface area contributed by atoms with Crippen LogP contribution in [0, 0.1) is 6.92 Å². The van der Waals surface area contributed by atoms with Gasteiger partial charge in [-0.2, -0.15) is 0 Å². The van der Waals surface area contributed by atoms with Gasteiger partial charge in [-0.25, -0.2) is 9.97 Å². The summed E-state index contributed by atoms with van der Waals surface area (Å²) in [6.45, 7) is 2.80. The van der Waals surface area contributed by atoms with Crippen LogP contribution in [0.2, 0.25) is 0 Å². The molecular formula is C12H12BrN3. The largest absolute Gasteiger partial charge is 0.380 e. The van der Waals surface area contributed by atoms with Crippen LogP contribution < -0.4 is 5.32 Å². The van der Waals surface area contributed by atoms with E-state index in [1.165, 1.54) is 11.9 Å². The van der Waals surface area contributed by atoms with Gasteiger partial charge in [0.25, 0.3) is 0 Å². The summed E-state index contributed by atoms with van der Waals surface area (Å²) in [6, 6.07) is 6.22. The minimum Gasteiger partial charge on any atom is -0.380 e. The minimum absolute atomic E-state index is 0.725. The van der Waals surface area contributed by atoms with Gasteiger partial charge in [-0.05, 0) is 40.5 Å². The Labute approximate surface area is 103 Å². The fourth-order valence-electron chi connectivity index (χ4n) is 1.39. The van der Waals surface area contributed by atoms with Crippen LogP contribution in [-0.2, 0) is 6.54 Å². The number of aromatic nitrogens is 2. The fraction of sp³-hybridized carbons (Fsp3) is 0.167. The third-order valence-corrected chi connectivity index (χ3v) is 2.91. The molecule has 3 nitrogen and oxygen atoms in total. The smallest absolute Gasteiger partial charge is 0.115 e. The van der Waals surface area contributed by atoms with E-state index in [1.807, 2.05) is 18.5 Å². The van der Waals surface area contributed by atoms with Crippen molar-refractivity contribution in [2.75, 3.05) is 5.32 Å². The molecule has 0 aliphatic heterocycles. The summed E-state index contributed by atoms with van der Waals surface area (Å²) in [5.74, 6) is 0. The number of benzene rings is 1. The molecule has 0 spiro atoms. The van der Waals surface area contributed by atoms with Crippen molar-refractivity contribution in [1.82, 2.24) is 9.97 Å². The van der Waals surface area contributed by atoms with Crippen LogP contribution in [0.3, 0.4) is 0 Å². The second kappa shape index (κ2) is 5.07. The molecule has 82 valence electrons. The maximum Gasteiger partial charge on any atom is 0.115 e. The van der Waals surface area contributed by atoms with Crippen LogP contribution >= 0.6 is 15.9 Å². The van der Waals surface area contributed by atoms with Crippen molar-refractivity contribution < 1.29 is 0 Å². The predicted molar refractivity (Wildman–Crippen MR) is 68.2 cm³/mol. The number of hydrogen-bond donors (Lipinski definition) is 1. The van der Waals surface area contributed by atoms with E-state index in [9.17, 15) is 0 Å². The summed E-state index contributed by atoms with van der Waals surface area (Å²) >= 11 is 3.51. The number of halogens is 1. The quantitative estimate of drug-likeness (QED) is 0.937. The summed E-state index contributed by atoms with van der Waals surface area (Å²) in [4.78, 5) is 7.95. The summed E-state index contributed by atoms with van der Waals surface area (Å²) < 4.78 is 1.06. The zero-order valence-electron chi connectivity index (χ0n) is 8.94. The van der Waals surface area contributed by atoms with Gasteiger partial charge in [0.15, 0.2) is 0 Å². The van der Waals surface area contributed by atoms with E-state index in [0.29, 0.717) is 0 Å². The summed E-state index contributed by atoms with van der Waals surface area (Å²) in [5, 5.41) is 3.34. The highest BCUT2D eigenvalue weighted by molar-refractivity contribution is 9.10. The molecule has 0 bridgehead atoms. The van der Waals surface area contributed by atoms with Crippen molar-refractivity contribution >= 4 is 21.6 Å². The van der Waals surface area contributed by atoms with Crippen LogP contribution in [0.25, 0.3) is 0 Å². The van der Waals surface area contributed by atoms with Crippen LogP contribution in [0.4, 0.5) is 5.69 Å². The highest BCUT2D eigenvalue weighted by atomic mass is 79.9. The maximum atomic E-state index is 3.97. The number of hydrogen-bond acceptors (Lipinski definition) is 3. The molecule has 0 aliphatic rings. The molecule has 1 N–H and O–H groups in total. The highest BCUT2D eigenvalue weighted by Crippen LogP contribution is 2.23. The SMILES string of the molecule is Cc1ccc(Br)c(NCc2cncnc2)c1. The summed E-state index contributed by atoms with van der Waals surface area (Å²) in [7, 11) is 0. The van der Waals surface area contributed by atoms with E-state index in [1.54, 1.807) is 0 Å². The first-order valence-corrected chi connectivity index (χ1v) is 5.79. The number of nitrogens with one attached hydrogen (secondary N) is 1. The van der Waals surface area contributed by atoms with Gasteiger partial charge >= 0.3 is 0 Å². The molecule has 0 radical (unpaired) electrons. The molecule has 2 aromatic rings. The van der Waals surface area contributed by atoms with Crippen molar-refractivity contribution in [2.45, 2.75) is 13.5 Å². The van der Waals surface area contributed by atoms with E-state index in [0.717, 1.165) is 22.3 Å². The van der Waals surface area contributed by atoms with Crippen molar-refractivity contribution in [3.8, 4) is 0 Å². The first-order chi connectivity index (χ1) is 7.75. The van der Waals surface area contributed by atoms with Crippen molar-refractivity contribution in [1.29, 1.82) is 0 Å². The molecule has 0 saturated carbocycles. The Morgan fingerprint density at radius 1 is 1.25 bits per heavy atom. The number of aryl methyl sites for hydroxylation is 1. The van der Waals surface area contributed by atoms with Gasteiger partial charge in [-0.3, -0.25) is 0 Å². The average molecular weight is 278 g/mol. The Balaban J connectivity index is 2.08. The summed E-state index contributed by atoms with van der Waals surface area (Å²) in [5.41, 5.74) is 3.38. The van der Waals surface area contributed by atoms with Gasteiger partial charge in [0.05, 0.1) is 0 Å². The molecule has 0 aliphatic carbocycles. The van der Waals surface area contributed by atoms with E-state index >= 15 is 0 Å². The number of nitrogens with zero attached hydrogens (tertiary/aromatic N) is 2. The maximum absolute atomic E-state index is 3.97. The lowest BCUT2D eigenvalue weighted by Gasteiger charge is -2.08. The zero-order valence-corrected chi connectivity index (χ0v) is 10.5. The highest BCUT2D eigenvalue weighted by Gasteiger charge is 1.99. The van der Waals surface area contributed by atoms with Gasteiger partial charge in [-0.1, -0.05) is 6.07 Å². The lowest BCUT2D eigenvalue weighted by molar-refractivity contribution is 1.05. The molecule has 2 rings (SSSR count). The monoisotopic (exact) mass is 277 g/mol. The molecular weight excluding hydrogens is 266 g/mol. The molecule has 0 unspecified atom stereocenters. The standard InChI is InChI=1S/C12H12BrN3/c1-9-2-3-11(13)12(4-9)16-7-10-5-14-8-15-6-10/h2-6,8,16H,7H2,1H3. The first kappa shape index (κ1) is 11.1. The lowest BCUT2D eigenvalue weighted by atomic mass is 10.2. The molecule has 0 fully saturated rings. The Hall–Kier alpha value is -1.42. The van der Waals surface area contributed by atoms with Gasteiger partial charge < -0.3 is 5.32 Å². The predicted octanol–water partition coefficient (Wildman–Crippen LogP) is 3.16. The number of rotatable bonds is 3. The lowest BCUT2D eigenvalue weighted by Crippen LogP contribution is -2.01. The number of anilines is 1. The van der Waals surface area contributed by atoms with E-state index < -0.39 is 0 Å². The van der Waals surface area contributed by atoms with Gasteiger partial charge in [0.2, 0.25) is 0 Å². The van der Waals surface area contributed by atoms with Crippen molar-refractivity contribution in [2.24, 2.45) is 0 Å². The van der Waals surface area contributed by atoms with Crippen molar-refractivity contribution in [3.63, 3.8) is 0 Å². The van der Waals surface area contributed by atoms with Gasteiger partial charge in [0.1, 0.15) is 6.33 Å². The second-order valence-electron chi connectivity index (χ2n) is 3.58. The van der Waals surface area contributed by atoms with Gasteiger partial charge in [-0.15, -0.1) is 0 Å². The molecule has 1 aromatic carbocycles. The van der Waals surface area contributed by atoms with Crippen LogP contribution in [0.1, 0.15) is 11.1 Å². The Bertz CT molecular complexity index is 471. The topological polar surface area (TPSA) is 37.8 Å². The Morgan fingerprint density at radius 2 is 2.00 bits per heavy atom. The third-order valence-electron chi connectivity index (χ3n) is 2.22. The van der Waals surface area contributed by atoms with Crippen LogP contribution in [0.15, 0.2) is 41.4 Å². The summed E-state index contributed by atoms with van der Waals surface area (Å²) in [6.07, 6.45) is 5.15. The molecule has 0 amide bonds. The minimum atomic E-state index is 0.725. The normalized spacial score (nSPS) is 10.1. The average Bonchev–Trinajstić information content (AvgIpc) is 2.32. The van der Waals surface area contributed by atoms with Crippen LogP contribution in [0.5, 0.6) is 0 Å². The van der Waals surface area contributed by atoms with Crippen molar-refractivity contribution in [3.05, 3.63) is 52.5 Å². The molecule has 1 aromatic heterocycles.